The Balaban J connectivity index is 1.35. The fourth-order valence-electron chi connectivity index (χ4n) is 5.38. The minimum atomic E-state index is -1.15. The Hall–Kier alpha value is -2.84. The average molecular weight is 453 g/mol. The summed E-state index contributed by atoms with van der Waals surface area (Å²) in [7, 11) is 0. The molecule has 3 fully saturated rings. The number of urea groups is 1. The van der Waals surface area contributed by atoms with Crippen LogP contribution in [-0.2, 0) is 21.6 Å². The molecule has 1 N–H and O–H groups in total. The highest BCUT2D eigenvalue weighted by molar-refractivity contribution is 6.07. The number of aromatic nitrogens is 1. The van der Waals surface area contributed by atoms with E-state index in [4.69, 9.17) is 4.74 Å². The first-order valence-corrected chi connectivity index (χ1v) is 11.7. The number of pyridine rings is 1. The summed E-state index contributed by atoms with van der Waals surface area (Å²) in [5.41, 5.74) is 0.497. The van der Waals surface area contributed by atoms with Gasteiger partial charge in [0.15, 0.2) is 5.54 Å². The van der Waals surface area contributed by atoms with E-state index in [-0.39, 0.29) is 36.3 Å². The van der Waals surface area contributed by atoms with Crippen LogP contribution >= 0.6 is 0 Å². The van der Waals surface area contributed by atoms with Gasteiger partial charge in [0.1, 0.15) is 5.82 Å². The fraction of sp³-hybridized carbons (Fsp3) is 0.480. The predicted molar refractivity (Wildman–Crippen MR) is 120 cm³/mol. The first kappa shape index (κ1) is 22.0. The maximum absolute atomic E-state index is 13.8. The van der Waals surface area contributed by atoms with Crippen LogP contribution in [0, 0.1) is 11.7 Å². The molecule has 3 amide bonds. The highest BCUT2D eigenvalue weighted by atomic mass is 19.1. The number of imide groups is 1. The van der Waals surface area contributed by atoms with Gasteiger partial charge in [-0.2, -0.15) is 0 Å². The average Bonchev–Trinajstić information content (AvgIpc) is 3.44. The molecule has 174 valence electrons. The van der Waals surface area contributed by atoms with E-state index >= 15 is 0 Å². The molecular weight excluding hydrogens is 423 g/mol. The van der Waals surface area contributed by atoms with Crippen LogP contribution in [0.2, 0.25) is 0 Å². The van der Waals surface area contributed by atoms with Crippen molar-refractivity contribution in [3.63, 3.8) is 0 Å². The number of ether oxygens (including phenoxy) is 1. The van der Waals surface area contributed by atoms with Crippen molar-refractivity contribution in [2.24, 2.45) is 5.92 Å². The zero-order chi connectivity index (χ0) is 22.8. The smallest absolute Gasteiger partial charge is 0.325 e. The third-order valence-electron chi connectivity index (χ3n) is 7.13. The highest BCUT2D eigenvalue weighted by Crippen LogP contribution is 2.41. The van der Waals surface area contributed by atoms with Crippen LogP contribution in [0.15, 0.2) is 48.7 Å². The summed E-state index contributed by atoms with van der Waals surface area (Å²) in [6.45, 7) is 3.25. The van der Waals surface area contributed by atoms with Crippen molar-refractivity contribution in [3.8, 4) is 0 Å². The molecule has 0 bridgehead atoms. The molecule has 0 spiro atoms. The number of halogens is 1. The Labute approximate surface area is 192 Å². The standard InChI is InChI=1S/C25H29FN4O3/c26-20-8-6-18(7-9-20)16-29-13-10-19(11-14-29)25(22-5-1-2-12-27-22)23(31)30(24(32)28-25)17-21-4-3-15-33-21/h1-2,5-9,12,19,21H,3-4,10-11,13-17H2,(H,28,32). The lowest BCUT2D eigenvalue weighted by molar-refractivity contribution is -0.135. The lowest BCUT2D eigenvalue weighted by Crippen LogP contribution is -2.54. The molecule has 2 aromatic rings. The van der Waals surface area contributed by atoms with E-state index in [2.05, 4.69) is 15.2 Å². The van der Waals surface area contributed by atoms with Crippen LogP contribution < -0.4 is 5.32 Å². The number of nitrogens with zero attached hydrogens (tertiary/aromatic N) is 3. The van der Waals surface area contributed by atoms with E-state index < -0.39 is 5.54 Å². The van der Waals surface area contributed by atoms with E-state index in [0.29, 0.717) is 12.3 Å². The molecule has 0 radical (unpaired) electrons. The molecular formula is C25H29FN4O3. The Bertz CT molecular complexity index is 988. The third kappa shape index (κ3) is 4.25. The number of hydrogen-bond donors (Lipinski definition) is 1. The molecule has 8 heteroatoms. The molecule has 7 nitrogen and oxygen atoms in total. The molecule has 1 aromatic carbocycles. The largest absolute Gasteiger partial charge is 0.376 e. The summed E-state index contributed by atoms with van der Waals surface area (Å²) in [5.74, 6) is -0.528. The molecule has 0 aliphatic carbocycles. The Morgan fingerprint density at radius 3 is 2.55 bits per heavy atom. The number of amides is 3. The van der Waals surface area contributed by atoms with E-state index in [0.717, 1.165) is 50.9 Å². The van der Waals surface area contributed by atoms with Gasteiger partial charge >= 0.3 is 6.03 Å². The molecule has 3 aliphatic rings. The van der Waals surface area contributed by atoms with Crippen molar-refractivity contribution in [2.45, 2.75) is 43.9 Å². The molecule has 5 rings (SSSR count). The molecule has 4 heterocycles. The number of carbonyl (C=O) groups is 2. The molecule has 2 atom stereocenters. The van der Waals surface area contributed by atoms with Gasteiger partial charge in [0.2, 0.25) is 0 Å². The van der Waals surface area contributed by atoms with Gasteiger partial charge in [0, 0.05) is 19.3 Å². The Morgan fingerprint density at radius 1 is 1.09 bits per heavy atom. The zero-order valence-electron chi connectivity index (χ0n) is 18.6. The van der Waals surface area contributed by atoms with E-state index in [9.17, 15) is 14.0 Å². The maximum atomic E-state index is 13.8. The molecule has 1 aromatic heterocycles. The lowest BCUT2D eigenvalue weighted by atomic mass is 9.75. The van der Waals surface area contributed by atoms with Gasteiger partial charge in [0.05, 0.1) is 18.3 Å². The summed E-state index contributed by atoms with van der Waals surface area (Å²) in [6.07, 6.45) is 4.87. The van der Waals surface area contributed by atoms with Gasteiger partial charge in [-0.1, -0.05) is 18.2 Å². The summed E-state index contributed by atoms with van der Waals surface area (Å²) in [4.78, 5) is 35.0. The van der Waals surface area contributed by atoms with Crippen molar-refractivity contribution in [3.05, 3.63) is 65.7 Å². The Kier molecular flexibility index (Phi) is 6.12. The van der Waals surface area contributed by atoms with Crippen molar-refractivity contribution in [1.29, 1.82) is 0 Å². The quantitative estimate of drug-likeness (QED) is 0.682. The van der Waals surface area contributed by atoms with Crippen LogP contribution in [-0.4, -0.2) is 59.1 Å². The predicted octanol–water partition coefficient (Wildman–Crippen LogP) is 3.06. The van der Waals surface area contributed by atoms with Crippen molar-refractivity contribution >= 4 is 11.9 Å². The van der Waals surface area contributed by atoms with E-state index in [1.807, 2.05) is 18.2 Å². The van der Waals surface area contributed by atoms with Crippen molar-refractivity contribution in [1.82, 2.24) is 20.1 Å². The number of hydrogen-bond acceptors (Lipinski definition) is 5. The van der Waals surface area contributed by atoms with Crippen LogP contribution in [0.1, 0.15) is 36.9 Å². The van der Waals surface area contributed by atoms with Gasteiger partial charge in [-0.05, 0) is 74.5 Å². The number of benzene rings is 1. The van der Waals surface area contributed by atoms with Crippen LogP contribution in [0.5, 0.6) is 0 Å². The number of rotatable bonds is 6. The minimum absolute atomic E-state index is 0.0668. The summed E-state index contributed by atoms with van der Waals surface area (Å²) in [5, 5.41) is 3.06. The number of carbonyl (C=O) groups excluding carboxylic acids is 2. The SMILES string of the molecule is O=C1NC(c2ccccn2)(C2CCN(Cc3ccc(F)cc3)CC2)C(=O)N1CC1CCCO1. The molecule has 33 heavy (non-hydrogen) atoms. The van der Waals surface area contributed by atoms with Crippen LogP contribution in [0.4, 0.5) is 9.18 Å². The lowest BCUT2D eigenvalue weighted by Gasteiger charge is -2.40. The summed E-state index contributed by atoms with van der Waals surface area (Å²) >= 11 is 0. The normalized spacial score (nSPS) is 26.7. The third-order valence-corrected chi connectivity index (χ3v) is 7.13. The highest BCUT2D eigenvalue weighted by Gasteiger charge is 2.58. The zero-order valence-corrected chi connectivity index (χ0v) is 18.6. The van der Waals surface area contributed by atoms with Crippen LogP contribution in [0.25, 0.3) is 0 Å². The van der Waals surface area contributed by atoms with Crippen molar-refractivity contribution < 1.29 is 18.7 Å². The summed E-state index contributed by atoms with van der Waals surface area (Å²) in [6, 6.07) is 11.7. The first-order valence-electron chi connectivity index (χ1n) is 11.7. The molecule has 2 unspecified atom stereocenters. The molecule has 3 aliphatic heterocycles. The number of nitrogens with one attached hydrogen (secondary N) is 1. The minimum Gasteiger partial charge on any atom is -0.376 e. The monoisotopic (exact) mass is 452 g/mol. The second-order valence-electron chi connectivity index (χ2n) is 9.18. The van der Waals surface area contributed by atoms with Gasteiger partial charge < -0.3 is 10.1 Å². The van der Waals surface area contributed by atoms with E-state index in [1.165, 1.54) is 17.0 Å². The molecule has 0 saturated carbocycles. The number of piperidine rings is 1. The Morgan fingerprint density at radius 2 is 1.88 bits per heavy atom. The second-order valence-corrected chi connectivity index (χ2v) is 9.18. The van der Waals surface area contributed by atoms with Gasteiger partial charge in [-0.25, -0.2) is 9.18 Å². The van der Waals surface area contributed by atoms with Gasteiger partial charge in [0.25, 0.3) is 5.91 Å². The number of likely N-dealkylation sites (tertiary alicyclic amines) is 1. The maximum Gasteiger partial charge on any atom is 0.325 e. The van der Waals surface area contributed by atoms with Crippen LogP contribution in [0.3, 0.4) is 0 Å². The fourth-order valence-corrected chi connectivity index (χ4v) is 5.38. The van der Waals surface area contributed by atoms with Gasteiger partial charge in [-0.15, -0.1) is 0 Å². The topological polar surface area (TPSA) is 74.8 Å². The van der Waals surface area contributed by atoms with Gasteiger partial charge in [-0.3, -0.25) is 19.6 Å². The van der Waals surface area contributed by atoms with E-state index in [1.54, 1.807) is 18.3 Å². The second kappa shape index (κ2) is 9.19. The molecule has 3 saturated heterocycles. The van der Waals surface area contributed by atoms with Crippen molar-refractivity contribution in [2.75, 3.05) is 26.2 Å². The summed E-state index contributed by atoms with van der Waals surface area (Å²) < 4.78 is 18.9. The first-order chi connectivity index (χ1) is 16.1.